The van der Waals surface area contributed by atoms with Crippen LogP contribution in [0, 0.1) is 0 Å². The summed E-state index contributed by atoms with van der Waals surface area (Å²) in [7, 11) is 1.33. The van der Waals surface area contributed by atoms with Crippen molar-refractivity contribution in [3.8, 4) is 0 Å². The average Bonchev–Trinajstić information content (AvgIpc) is 3.00. The number of ether oxygens (including phenoxy) is 1. The summed E-state index contributed by atoms with van der Waals surface area (Å²) in [4.78, 5) is 31.4. The Labute approximate surface area is 228 Å². The maximum absolute atomic E-state index is 13.9. The van der Waals surface area contributed by atoms with Crippen LogP contribution >= 0.6 is 0 Å². The Morgan fingerprint density at radius 1 is 0.718 bits per heavy atom. The van der Waals surface area contributed by atoms with Gasteiger partial charge in [-0.05, 0) is 28.8 Å². The molecule has 0 aliphatic heterocycles. The minimum atomic E-state index is -0.879. The molecule has 39 heavy (non-hydrogen) atoms. The molecule has 1 N–H and O–H groups in total. The number of rotatable bonds is 9. The van der Waals surface area contributed by atoms with Crippen LogP contribution in [0.5, 0.6) is 0 Å². The molecule has 5 nitrogen and oxygen atoms in total. The lowest BCUT2D eigenvalue weighted by Gasteiger charge is -2.36. The third-order valence-corrected chi connectivity index (χ3v) is 7.12. The third kappa shape index (κ3) is 5.58. The van der Waals surface area contributed by atoms with Gasteiger partial charge in [-0.15, -0.1) is 0 Å². The minimum Gasteiger partial charge on any atom is -0.467 e. The van der Waals surface area contributed by atoms with Gasteiger partial charge in [-0.1, -0.05) is 115 Å². The van der Waals surface area contributed by atoms with Crippen molar-refractivity contribution in [3.63, 3.8) is 0 Å². The Kier molecular flexibility index (Phi) is 7.78. The summed E-state index contributed by atoms with van der Waals surface area (Å²) in [6.07, 6.45) is 0.321. The SMILES string of the molecule is COC(=O)[C@H](Cc1ccc2ccccc2n1)NC(=O)CC(c1ccccc1)(c1ccccc1)c1ccccc1. The second-order valence-electron chi connectivity index (χ2n) is 9.52. The zero-order valence-electron chi connectivity index (χ0n) is 21.8. The highest BCUT2D eigenvalue weighted by atomic mass is 16.5. The summed E-state index contributed by atoms with van der Waals surface area (Å²) in [5.41, 5.74) is 3.73. The van der Waals surface area contributed by atoms with Crippen LogP contribution in [0.4, 0.5) is 0 Å². The van der Waals surface area contributed by atoms with Crippen LogP contribution in [-0.4, -0.2) is 30.0 Å². The number of carbonyl (C=O) groups is 2. The fourth-order valence-corrected chi connectivity index (χ4v) is 5.23. The average molecular weight is 515 g/mol. The molecule has 1 amide bonds. The molecule has 5 heteroatoms. The number of methoxy groups -OCH3 is 1. The van der Waals surface area contributed by atoms with E-state index in [1.807, 2.05) is 127 Å². The Hall–Kier alpha value is -4.77. The first kappa shape index (κ1) is 25.9. The van der Waals surface area contributed by atoms with E-state index >= 15 is 0 Å². The standard InChI is InChI=1S/C34H30N2O3/c1-39-33(38)31(23-29-22-21-25-13-11-12-20-30(25)35-29)36-32(37)24-34(26-14-5-2-6-15-26,27-16-7-3-8-17-27)28-18-9-4-10-19-28/h2-22,31H,23-24H2,1H3,(H,36,37)/t31-/m0/s1. The normalized spacial score (nSPS) is 12.0. The van der Waals surface area contributed by atoms with Crippen molar-refractivity contribution in [2.45, 2.75) is 24.3 Å². The van der Waals surface area contributed by atoms with Crippen LogP contribution in [0.2, 0.25) is 0 Å². The topological polar surface area (TPSA) is 68.3 Å². The lowest BCUT2D eigenvalue weighted by atomic mass is 9.67. The van der Waals surface area contributed by atoms with Gasteiger partial charge in [0.05, 0.1) is 18.0 Å². The molecule has 0 unspecified atom stereocenters. The summed E-state index contributed by atoms with van der Waals surface area (Å²) >= 11 is 0. The number of carbonyl (C=O) groups excluding carboxylic acids is 2. The second-order valence-corrected chi connectivity index (χ2v) is 9.52. The largest absolute Gasteiger partial charge is 0.467 e. The van der Waals surface area contributed by atoms with Gasteiger partial charge in [-0.2, -0.15) is 0 Å². The van der Waals surface area contributed by atoms with Crippen LogP contribution in [0.3, 0.4) is 0 Å². The van der Waals surface area contributed by atoms with Gasteiger partial charge in [0, 0.05) is 23.9 Å². The van der Waals surface area contributed by atoms with Gasteiger partial charge in [0.25, 0.3) is 0 Å². The van der Waals surface area contributed by atoms with Gasteiger partial charge >= 0.3 is 5.97 Å². The van der Waals surface area contributed by atoms with Gasteiger partial charge in [0.2, 0.25) is 5.91 Å². The van der Waals surface area contributed by atoms with Gasteiger partial charge in [0.1, 0.15) is 6.04 Å². The van der Waals surface area contributed by atoms with Crippen molar-refractivity contribution in [1.29, 1.82) is 0 Å². The molecule has 0 bridgehead atoms. The number of nitrogens with zero attached hydrogens (tertiary/aromatic N) is 1. The van der Waals surface area contributed by atoms with E-state index in [9.17, 15) is 9.59 Å². The molecule has 0 radical (unpaired) electrons. The lowest BCUT2D eigenvalue weighted by Crippen LogP contribution is -2.46. The third-order valence-electron chi connectivity index (χ3n) is 7.12. The van der Waals surface area contributed by atoms with Crippen molar-refractivity contribution in [3.05, 3.63) is 150 Å². The van der Waals surface area contributed by atoms with Crippen molar-refractivity contribution < 1.29 is 14.3 Å². The van der Waals surface area contributed by atoms with Gasteiger partial charge < -0.3 is 10.1 Å². The van der Waals surface area contributed by atoms with E-state index in [2.05, 4.69) is 5.32 Å². The molecule has 0 spiro atoms. The molecule has 0 aliphatic rings. The van der Waals surface area contributed by atoms with E-state index < -0.39 is 17.4 Å². The highest BCUT2D eigenvalue weighted by Gasteiger charge is 2.39. The first-order valence-corrected chi connectivity index (χ1v) is 13.0. The number of aromatic nitrogens is 1. The molecule has 1 atom stereocenters. The van der Waals surface area contributed by atoms with Crippen LogP contribution in [-0.2, 0) is 26.2 Å². The maximum Gasteiger partial charge on any atom is 0.328 e. The van der Waals surface area contributed by atoms with E-state index in [4.69, 9.17) is 9.72 Å². The molecule has 4 aromatic carbocycles. The van der Waals surface area contributed by atoms with E-state index in [-0.39, 0.29) is 18.7 Å². The molecule has 0 saturated carbocycles. The predicted octanol–water partition coefficient (Wildman–Crippen LogP) is 5.86. The summed E-state index contributed by atoms with van der Waals surface area (Å²) in [5, 5.41) is 3.99. The van der Waals surface area contributed by atoms with Crippen LogP contribution in [0.15, 0.2) is 127 Å². The van der Waals surface area contributed by atoms with Crippen molar-refractivity contribution in [1.82, 2.24) is 10.3 Å². The number of fused-ring (bicyclic) bond motifs is 1. The fraction of sp³-hybridized carbons (Fsp3) is 0.147. The minimum absolute atomic E-state index is 0.101. The molecule has 5 rings (SSSR count). The first-order chi connectivity index (χ1) is 19.1. The number of amides is 1. The number of hydrogen-bond donors (Lipinski definition) is 1. The highest BCUT2D eigenvalue weighted by molar-refractivity contribution is 5.86. The van der Waals surface area contributed by atoms with E-state index in [0.717, 1.165) is 27.6 Å². The quantitative estimate of drug-likeness (QED) is 0.198. The Morgan fingerprint density at radius 2 is 1.23 bits per heavy atom. The van der Waals surface area contributed by atoms with E-state index in [0.29, 0.717) is 5.69 Å². The van der Waals surface area contributed by atoms with Gasteiger partial charge in [-0.3, -0.25) is 9.78 Å². The zero-order chi connectivity index (χ0) is 27.1. The Morgan fingerprint density at radius 3 is 1.77 bits per heavy atom. The molecule has 1 aromatic heterocycles. The molecule has 0 saturated heterocycles. The second kappa shape index (κ2) is 11.7. The van der Waals surface area contributed by atoms with Gasteiger partial charge in [0.15, 0.2) is 0 Å². The molecule has 1 heterocycles. The smallest absolute Gasteiger partial charge is 0.328 e. The monoisotopic (exact) mass is 514 g/mol. The first-order valence-electron chi connectivity index (χ1n) is 13.0. The number of nitrogens with one attached hydrogen (secondary N) is 1. The summed E-state index contributed by atoms with van der Waals surface area (Å²) in [5.74, 6) is -0.772. The molecule has 194 valence electrons. The Bertz CT molecular complexity index is 1460. The lowest BCUT2D eigenvalue weighted by molar-refractivity contribution is -0.145. The zero-order valence-corrected chi connectivity index (χ0v) is 21.8. The molecule has 0 aliphatic carbocycles. The van der Waals surface area contributed by atoms with Crippen molar-refractivity contribution in [2.24, 2.45) is 0 Å². The molecular formula is C34H30N2O3. The number of para-hydroxylation sites is 1. The van der Waals surface area contributed by atoms with Crippen LogP contribution in [0.1, 0.15) is 28.8 Å². The molecular weight excluding hydrogens is 484 g/mol. The highest BCUT2D eigenvalue weighted by Crippen LogP contribution is 2.42. The van der Waals surface area contributed by atoms with Gasteiger partial charge in [-0.25, -0.2) is 4.79 Å². The van der Waals surface area contributed by atoms with Crippen LogP contribution < -0.4 is 5.32 Å². The number of hydrogen-bond acceptors (Lipinski definition) is 4. The summed E-state index contributed by atoms with van der Waals surface area (Å²) in [6, 6.07) is 40.8. The molecule has 5 aromatic rings. The molecule has 0 fully saturated rings. The van der Waals surface area contributed by atoms with Crippen molar-refractivity contribution >= 4 is 22.8 Å². The number of pyridine rings is 1. The Balaban J connectivity index is 1.50. The summed E-state index contributed by atoms with van der Waals surface area (Å²) in [6.45, 7) is 0. The maximum atomic E-state index is 13.9. The van der Waals surface area contributed by atoms with E-state index in [1.165, 1.54) is 7.11 Å². The number of esters is 1. The van der Waals surface area contributed by atoms with Crippen LogP contribution in [0.25, 0.3) is 10.9 Å². The van der Waals surface area contributed by atoms with Crippen molar-refractivity contribution in [2.75, 3.05) is 7.11 Å². The predicted molar refractivity (Wildman–Crippen MR) is 153 cm³/mol. The summed E-state index contributed by atoms with van der Waals surface area (Å²) < 4.78 is 5.08. The fourth-order valence-electron chi connectivity index (χ4n) is 5.23. The number of benzene rings is 4. The van der Waals surface area contributed by atoms with E-state index in [1.54, 1.807) is 0 Å².